The maximum Gasteiger partial charge on any atom is 0.332 e. The van der Waals surface area contributed by atoms with Crippen molar-refractivity contribution < 1.29 is 4.79 Å². The van der Waals surface area contributed by atoms with Gasteiger partial charge in [0.25, 0.3) is 5.56 Å². The molecule has 0 aliphatic carbocycles. The quantitative estimate of drug-likeness (QED) is 0.649. The third-order valence-corrected chi connectivity index (χ3v) is 4.84. The van der Waals surface area contributed by atoms with E-state index in [0.717, 1.165) is 4.57 Å². The molecule has 0 aliphatic rings. The second kappa shape index (κ2) is 5.27. The van der Waals surface area contributed by atoms with Crippen molar-refractivity contribution in [3.63, 3.8) is 0 Å². The van der Waals surface area contributed by atoms with Gasteiger partial charge in [-0.2, -0.15) is 0 Å². The van der Waals surface area contributed by atoms with Crippen molar-refractivity contribution in [2.75, 3.05) is 0 Å². The largest absolute Gasteiger partial charge is 0.332 e. The van der Waals surface area contributed by atoms with Gasteiger partial charge in [0.2, 0.25) is 0 Å². The highest BCUT2D eigenvalue weighted by molar-refractivity contribution is 7.13. The first-order chi connectivity index (χ1) is 10.8. The summed E-state index contributed by atoms with van der Waals surface area (Å²) in [6, 6.07) is 0. The minimum absolute atomic E-state index is 0.0800. The van der Waals surface area contributed by atoms with Crippen molar-refractivity contribution in [1.29, 1.82) is 0 Å². The predicted octanol–water partition coefficient (Wildman–Crippen LogP) is 0.450. The molecule has 0 bridgehead atoms. The summed E-state index contributed by atoms with van der Waals surface area (Å²) in [7, 11) is 3.32. The van der Waals surface area contributed by atoms with Crippen LogP contribution in [0.4, 0.5) is 0 Å². The summed E-state index contributed by atoms with van der Waals surface area (Å²) in [6.07, 6.45) is 1.52. The summed E-state index contributed by atoms with van der Waals surface area (Å²) in [5, 5.41) is 0.363. The van der Waals surface area contributed by atoms with Gasteiger partial charge < -0.3 is 4.57 Å². The van der Waals surface area contributed by atoms with Gasteiger partial charge in [0.15, 0.2) is 22.0 Å². The van der Waals surface area contributed by atoms with Crippen molar-refractivity contribution in [2.24, 2.45) is 14.1 Å². The zero-order chi connectivity index (χ0) is 16.9. The molecule has 3 aromatic heterocycles. The van der Waals surface area contributed by atoms with Crippen LogP contribution in [0.2, 0.25) is 0 Å². The standard InChI is InChI=1S/C14H15N5O3S/c1-7(20)12-15-5-9(23-12)6-19-13(21)10-11(18(4)14(19)22)16-8(2)17(10)3/h5H,6H2,1-4H3. The lowest BCUT2D eigenvalue weighted by Crippen LogP contribution is -2.39. The fourth-order valence-corrected chi connectivity index (χ4v) is 3.19. The van der Waals surface area contributed by atoms with Crippen molar-refractivity contribution in [2.45, 2.75) is 20.4 Å². The maximum atomic E-state index is 12.7. The van der Waals surface area contributed by atoms with Crippen molar-refractivity contribution in [3.05, 3.63) is 42.7 Å². The number of carbonyl (C=O) groups excluding carboxylic acids is 1. The monoisotopic (exact) mass is 333 g/mol. The number of thiazole rings is 1. The summed E-state index contributed by atoms with van der Waals surface area (Å²) in [6.45, 7) is 3.28. The van der Waals surface area contributed by atoms with Gasteiger partial charge in [0.1, 0.15) is 5.82 Å². The zero-order valence-corrected chi connectivity index (χ0v) is 14.0. The lowest BCUT2D eigenvalue weighted by molar-refractivity contribution is 0.101. The van der Waals surface area contributed by atoms with Gasteiger partial charge in [-0.3, -0.25) is 18.7 Å². The van der Waals surface area contributed by atoms with E-state index in [1.807, 2.05) is 0 Å². The number of hydrogen-bond acceptors (Lipinski definition) is 6. The first-order valence-electron chi connectivity index (χ1n) is 6.89. The van der Waals surface area contributed by atoms with E-state index in [4.69, 9.17) is 0 Å². The number of fused-ring (bicyclic) bond motifs is 1. The van der Waals surface area contributed by atoms with Crippen LogP contribution in [0.3, 0.4) is 0 Å². The highest BCUT2D eigenvalue weighted by atomic mass is 32.1. The van der Waals surface area contributed by atoms with Gasteiger partial charge in [-0.05, 0) is 6.92 Å². The van der Waals surface area contributed by atoms with Crippen LogP contribution in [0.25, 0.3) is 11.2 Å². The molecule has 0 fully saturated rings. The van der Waals surface area contributed by atoms with Crippen LogP contribution in [0.5, 0.6) is 0 Å². The molecule has 9 heteroatoms. The normalized spacial score (nSPS) is 11.3. The highest BCUT2D eigenvalue weighted by Crippen LogP contribution is 2.14. The molecule has 3 heterocycles. The number of ketones is 1. The number of rotatable bonds is 3. The minimum atomic E-state index is -0.446. The summed E-state index contributed by atoms with van der Waals surface area (Å²) < 4.78 is 4.17. The van der Waals surface area contributed by atoms with Gasteiger partial charge in [-0.15, -0.1) is 11.3 Å². The van der Waals surface area contributed by atoms with E-state index in [1.165, 1.54) is 29.0 Å². The molecule has 0 saturated heterocycles. The van der Waals surface area contributed by atoms with Gasteiger partial charge in [-0.25, -0.2) is 14.8 Å². The lowest BCUT2D eigenvalue weighted by Gasteiger charge is -2.07. The van der Waals surface area contributed by atoms with Crippen molar-refractivity contribution in [1.82, 2.24) is 23.7 Å². The average molecular weight is 333 g/mol. The van der Waals surface area contributed by atoms with Gasteiger partial charge >= 0.3 is 5.69 Å². The molecule has 23 heavy (non-hydrogen) atoms. The third-order valence-electron chi connectivity index (χ3n) is 3.75. The Morgan fingerprint density at radius 2 is 1.96 bits per heavy atom. The van der Waals surface area contributed by atoms with Crippen LogP contribution in [0.15, 0.2) is 15.8 Å². The Hall–Kier alpha value is -2.55. The Balaban J connectivity index is 2.21. The molecule has 0 amide bonds. The van der Waals surface area contributed by atoms with E-state index in [0.29, 0.717) is 26.9 Å². The third kappa shape index (κ3) is 2.33. The first kappa shape index (κ1) is 15.3. The molecule has 3 rings (SSSR count). The molecular formula is C14H15N5O3S. The topological polar surface area (TPSA) is 91.8 Å². The minimum Gasteiger partial charge on any atom is -0.325 e. The molecule has 0 atom stereocenters. The second-order valence-corrected chi connectivity index (χ2v) is 6.43. The molecule has 0 aromatic carbocycles. The van der Waals surface area contributed by atoms with E-state index in [-0.39, 0.29) is 12.3 Å². The fraction of sp³-hybridized carbons (Fsp3) is 0.357. The van der Waals surface area contributed by atoms with Crippen LogP contribution in [0.1, 0.15) is 27.4 Å². The summed E-state index contributed by atoms with van der Waals surface area (Å²) in [5.74, 6) is 0.515. The molecule has 120 valence electrons. The second-order valence-electron chi connectivity index (χ2n) is 5.31. The maximum absolute atomic E-state index is 12.7. The van der Waals surface area contributed by atoms with E-state index in [2.05, 4.69) is 9.97 Å². The number of aromatic nitrogens is 5. The fourth-order valence-electron chi connectivity index (χ4n) is 2.39. The Labute approximate surface area is 134 Å². The van der Waals surface area contributed by atoms with E-state index in [1.54, 1.807) is 25.6 Å². The Morgan fingerprint density at radius 3 is 2.57 bits per heavy atom. The van der Waals surface area contributed by atoms with Gasteiger partial charge in [-0.1, -0.05) is 0 Å². The number of aryl methyl sites for hydroxylation is 3. The van der Waals surface area contributed by atoms with Crippen LogP contribution in [0, 0.1) is 6.92 Å². The highest BCUT2D eigenvalue weighted by Gasteiger charge is 2.18. The van der Waals surface area contributed by atoms with E-state index >= 15 is 0 Å². The smallest absolute Gasteiger partial charge is 0.325 e. The first-order valence-corrected chi connectivity index (χ1v) is 7.71. The average Bonchev–Trinajstić information content (AvgIpc) is 3.08. The van der Waals surface area contributed by atoms with Crippen LogP contribution in [-0.4, -0.2) is 29.5 Å². The molecule has 8 nitrogen and oxygen atoms in total. The van der Waals surface area contributed by atoms with Gasteiger partial charge in [0, 0.05) is 32.1 Å². The van der Waals surface area contributed by atoms with Crippen LogP contribution in [-0.2, 0) is 20.6 Å². The number of hydrogen-bond donors (Lipinski definition) is 0. The predicted molar refractivity (Wildman–Crippen MR) is 86.2 cm³/mol. The number of nitrogens with zero attached hydrogens (tertiary/aromatic N) is 5. The number of Topliss-reactive ketones (excluding diaryl/α,β-unsaturated/α-hetero) is 1. The summed E-state index contributed by atoms with van der Waals surface area (Å²) in [5.41, 5.74) is -0.103. The molecule has 0 radical (unpaired) electrons. The molecule has 0 N–H and O–H groups in total. The van der Waals surface area contributed by atoms with E-state index < -0.39 is 11.2 Å². The van der Waals surface area contributed by atoms with Crippen LogP contribution < -0.4 is 11.2 Å². The SMILES string of the molecule is CC(=O)c1ncc(Cn2c(=O)c3c(nc(C)n3C)n(C)c2=O)s1. The Morgan fingerprint density at radius 1 is 1.26 bits per heavy atom. The lowest BCUT2D eigenvalue weighted by atomic mass is 10.4. The number of carbonyl (C=O) groups is 1. The van der Waals surface area contributed by atoms with Crippen molar-refractivity contribution >= 4 is 28.3 Å². The summed E-state index contributed by atoms with van der Waals surface area (Å²) >= 11 is 1.18. The molecule has 0 aliphatic heterocycles. The zero-order valence-electron chi connectivity index (χ0n) is 13.2. The Kier molecular flexibility index (Phi) is 3.52. The van der Waals surface area contributed by atoms with Crippen molar-refractivity contribution in [3.8, 4) is 0 Å². The summed E-state index contributed by atoms with van der Waals surface area (Å²) in [4.78, 5) is 45.4. The molecule has 0 unspecified atom stereocenters. The molecule has 0 saturated carbocycles. The molecule has 3 aromatic rings. The molecule has 0 spiro atoms. The molecular weight excluding hydrogens is 318 g/mol. The number of imidazole rings is 1. The van der Waals surface area contributed by atoms with E-state index in [9.17, 15) is 14.4 Å². The van der Waals surface area contributed by atoms with Crippen LogP contribution >= 0.6 is 11.3 Å². The van der Waals surface area contributed by atoms with Gasteiger partial charge in [0.05, 0.1) is 6.54 Å². The Bertz CT molecular complexity index is 1050.